The number of hydrogen-bond donors (Lipinski definition) is 1. The van der Waals surface area contributed by atoms with Gasteiger partial charge in [0, 0.05) is 50.0 Å². The van der Waals surface area contributed by atoms with Gasteiger partial charge in [0.15, 0.2) is 5.82 Å². The van der Waals surface area contributed by atoms with E-state index in [1.165, 1.54) is 13.8 Å². The number of piperidine rings is 1. The van der Waals surface area contributed by atoms with Crippen molar-refractivity contribution in [3.05, 3.63) is 28.8 Å². The van der Waals surface area contributed by atoms with Crippen LogP contribution in [0.15, 0.2) is 6.07 Å². The molecule has 1 aromatic rings. The number of anilines is 1. The SMILES string of the molecule is [2H]C1([2H])N(c2cc(F)c3c(c2F)C(=O)N(C2CCC(=O)NC2=O)C3=O)C([2H])([2H])C([2H])([2H])N(C(C)C)C1([2H])[2H]. The maximum atomic E-state index is 16.0. The van der Waals surface area contributed by atoms with Crippen LogP contribution in [-0.2, 0) is 9.59 Å². The number of rotatable bonds is 3. The summed E-state index contributed by atoms with van der Waals surface area (Å²) in [6, 6.07) is -2.49. The summed E-state index contributed by atoms with van der Waals surface area (Å²) in [5.74, 6) is -8.09. The Balaban J connectivity index is 1.91. The van der Waals surface area contributed by atoms with Crippen molar-refractivity contribution >= 4 is 29.3 Å². The number of carbonyl (C=O) groups excluding carboxylic acids is 4. The normalized spacial score (nSPS) is 33.4. The fourth-order valence-corrected chi connectivity index (χ4v) is 3.37. The zero-order valence-electron chi connectivity index (χ0n) is 23.9. The predicted molar refractivity (Wildman–Crippen MR) is 102 cm³/mol. The Kier molecular flexibility index (Phi) is 3.15. The van der Waals surface area contributed by atoms with E-state index in [1.807, 2.05) is 5.32 Å². The largest absolute Gasteiger partial charge is 0.366 e. The van der Waals surface area contributed by atoms with E-state index < -0.39 is 90.1 Å². The highest BCUT2D eigenvalue weighted by molar-refractivity contribution is 6.24. The molecule has 30 heavy (non-hydrogen) atoms. The molecular weight excluding hydrogens is 398 g/mol. The molecule has 3 aliphatic rings. The molecule has 0 aromatic heterocycles. The van der Waals surface area contributed by atoms with Gasteiger partial charge in [-0.15, -0.1) is 0 Å². The summed E-state index contributed by atoms with van der Waals surface area (Å²) < 4.78 is 98.2. The van der Waals surface area contributed by atoms with Gasteiger partial charge in [-0.25, -0.2) is 8.78 Å². The highest BCUT2D eigenvalue weighted by Gasteiger charge is 2.48. The molecule has 1 atom stereocenters. The molecule has 0 spiro atoms. The quantitative estimate of drug-likeness (QED) is 0.720. The average Bonchev–Trinajstić information content (AvgIpc) is 3.01. The van der Waals surface area contributed by atoms with Gasteiger partial charge in [0.25, 0.3) is 11.8 Å². The molecule has 0 aliphatic carbocycles. The van der Waals surface area contributed by atoms with Crippen molar-refractivity contribution in [1.82, 2.24) is 15.1 Å². The summed E-state index contributed by atoms with van der Waals surface area (Å²) in [5, 5.41) is 1.91. The first kappa shape index (κ1) is 12.7. The van der Waals surface area contributed by atoms with Gasteiger partial charge in [-0.05, 0) is 20.3 Å². The van der Waals surface area contributed by atoms with E-state index in [1.54, 1.807) is 0 Å². The van der Waals surface area contributed by atoms with Gasteiger partial charge >= 0.3 is 0 Å². The molecule has 10 heteroatoms. The lowest BCUT2D eigenvalue weighted by atomic mass is 10.0. The van der Waals surface area contributed by atoms with E-state index in [4.69, 9.17) is 11.0 Å². The maximum Gasteiger partial charge on any atom is 0.265 e. The number of nitrogens with one attached hydrogen (secondary N) is 1. The number of fused-ring (bicyclic) bond motifs is 1. The predicted octanol–water partition coefficient (Wildman–Crippen LogP) is 0.896. The van der Waals surface area contributed by atoms with Crippen LogP contribution in [0.3, 0.4) is 0 Å². The van der Waals surface area contributed by atoms with Crippen LogP contribution in [0.2, 0.25) is 0 Å². The fraction of sp³-hybridized carbons (Fsp3) is 0.500. The molecular formula is C20H22F2N4O4. The minimum Gasteiger partial charge on any atom is -0.366 e. The van der Waals surface area contributed by atoms with Crippen LogP contribution in [0, 0.1) is 11.6 Å². The number of amides is 4. The molecule has 1 N–H and O–H groups in total. The van der Waals surface area contributed by atoms with Gasteiger partial charge < -0.3 is 4.90 Å². The smallest absolute Gasteiger partial charge is 0.265 e. The van der Waals surface area contributed by atoms with Gasteiger partial charge in [-0.1, -0.05) is 0 Å². The summed E-state index contributed by atoms with van der Waals surface area (Å²) >= 11 is 0. The summed E-state index contributed by atoms with van der Waals surface area (Å²) in [4.78, 5) is 50.1. The van der Waals surface area contributed by atoms with Crippen molar-refractivity contribution in [2.45, 2.75) is 38.8 Å². The molecule has 3 aliphatic heterocycles. The molecule has 2 saturated heterocycles. The van der Waals surface area contributed by atoms with Crippen molar-refractivity contribution in [2.75, 3.05) is 30.9 Å². The lowest BCUT2D eigenvalue weighted by Crippen LogP contribution is -2.54. The fourth-order valence-electron chi connectivity index (χ4n) is 3.37. The van der Waals surface area contributed by atoms with Gasteiger partial charge in [0.05, 0.1) is 22.3 Å². The number of halogens is 2. The van der Waals surface area contributed by atoms with E-state index in [9.17, 15) is 19.2 Å². The van der Waals surface area contributed by atoms with Gasteiger partial charge in [0.1, 0.15) is 11.9 Å². The molecule has 0 bridgehead atoms. The second-order valence-electron chi connectivity index (χ2n) is 7.14. The van der Waals surface area contributed by atoms with Crippen LogP contribution < -0.4 is 10.2 Å². The molecule has 1 aromatic carbocycles. The van der Waals surface area contributed by atoms with E-state index >= 15 is 8.78 Å². The first-order valence-electron chi connectivity index (χ1n) is 13.1. The van der Waals surface area contributed by atoms with Crippen LogP contribution in [0.4, 0.5) is 14.5 Å². The van der Waals surface area contributed by atoms with Crippen molar-refractivity contribution in [2.24, 2.45) is 0 Å². The third kappa shape index (κ3) is 3.15. The minimum absolute atomic E-state index is 0.181. The average molecular weight is 428 g/mol. The Morgan fingerprint density at radius 2 is 1.70 bits per heavy atom. The molecule has 4 rings (SSSR count). The number of benzene rings is 1. The maximum absolute atomic E-state index is 16.0. The highest BCUT2D eigenvalue weighted by atomic mass is 19.1. The number of hydrogen-bond acceptors (Lipinski definition) is 6. The second kappa shape index (κ2) is 7.42. The number of imide groups is 2. The van der Waals surface area contributed by atoms with E-state index in [-0.39, 0.29) is 28.7 Å². The second-order valence-corrected chi connectivity index (χ2v) is 7.14. The van der Waals surface area contributed by atoms with E-state index in [0.717, 1.165) is 0 Å². The minimum atomic E-state index is -3.55. The molecule has 0 radical (unpaired) electrons. The first-order chi connectivity index (χ1) is 17.2. The standard InChI is InChI=1S/C20H22F2N4O4/c1-10(2)24-5-7-25(8-6-24)13-9-11(21)15-16(17(13)22)20(30)26(19(15)29)12-3-4-14(27)23-18(12)28/h9-10,12H,3-8H2,1-2H3,(H,23,27,28)/i5D2,6D2,7D2,8D2. The number of carbonyl (C=O) groups is 4. The van der Waals surface area contributed by atoms with Crippen molar-refractivity contribution < 1.29 is 38.9 Å². The monoisotopic (exact) mass is 428 g/mol. The van der Waals surface area contributed by atoms with Crippen LogP contribution >= 0.6 is 0 Å². The summed E-state index contributed by atoms with van der Waals surface area (Å²) in [7, 11) is 0. The summed E-state index contributed by atoms with van der Waals surface area (Å²) in [6.45, 7) is -11.2. The molecule has 1 unspecified atom stereocenters. The first-order valence-corrected chi connectivity index (χ1v) is 9.06. The van der Waals surface area contributed by atoms with Gasteiger partial charge in [-0.2, -0.15) is 0 Å². The molecule has 8 nitrogen and oxygen atoms in total. The third-order valence-electron chi connectivity index (χ3n) is 4.91. The van der Waals surface area contributed by atoms with E-state index in [0.29, 0.717) is 4.90 Å². The van der Waals surface area contributed by atoms with Crippen molar-refractivity contribution in [3.8, 4) is 0 Å². The zero-order chi connectivity index (χ0) is 28.9. The number of piperazine rings is 1. The third-order valence-corrected chi connectivity index (χ3v) is 4.91. The Bertz CT molecular complexity index is 1260. The summed E-state index contributed by atoms with van der Waals surface area (Å²) in [6.07, 6.45) is -0.598. The lowest BCUT2D eigenvalue weighted by molar-refractivity contribution is -0.136. The Hall–Kier alpha value is -2.88. The zero-order valence-corrected chi connectivity index (χ0v) is 15.9. The Morgan fingerprint density at radius 3 is 2.30 bits per heavy atom. The van der Waals surface area contributed by atoms with E-state index in [2.05, 4.69) is 0 Å². The van der Waals surface area contributed by atoms with Crippen molar-refractivity contribution in [3.63, 3.8) is 0 Å². The van der Waals surface area contributed by atoms with Gasteiger partial charge in [-0.3, -0.25) is 34.3 Å². The van der Waals surface area contributed by atoms with Crippen molar-refractivity contribution in [1.29, 1.82) is 0 Å². The number of nitrogens with zero attached hydrogens (tertiary/aromatic N) is 3. The highest BCUT2D eigenvalue weighted by Crippen LogP contribution is 2.36. The molecule has 4 amide bonds. The lowest BCUT2D eigenvalue weighted by Gasteiger charge is -2.38. The molecule has 3 heterocycles. The van der Waals surface area contributed by atoms with Crippen LogP contribution in [0.1, 0.15) is 58.4 Å². The summed E-state index contributed by atoms with van der Waals surface area (Å²) in [5.41, 5.74) is -3.72. The Morgan fingerprint density at radius 1 is 1.07 bits per heavy atom. The van der Waals surface area contributed by atoms with Gasteiger partial charge in [0.2, 0.25) is 11.8 Å². The topological polar surface area (TPSA) is 90.0 Å². The van der Waals surface area contributed by atoms with Crippen LogP contribution in [0.5, 0.6) is 0 Å². The molecule has 160 valence electrons. The van der Waals surface area contributed by atoms with Crippen LogP contribution in [-0.4, -0.2) is 71.5 Å². The molecule has 0 saturated carbocycles. The van der Waals surface area contributed by atoms with Crippen LogP contribution in [0.25, 0.3) is 0 Å². The Labute approximate surface area is 183 Å². The molecule has 2 fully saturated rings.